The Bertz CT molecular complexity index is 650. The summed E-state index contributed by atoms with van der Waals surface area (Å²) < 4.78 is 0. The van der Waals surface area contributed by atoms with Crippen LogP contribution in [0.2, 0.25) is 0 Å². The molecule has 92 valence electrons. The van der Waals surface area contributed by atoms with Crippen molar-refractivity contribution in [3.05, 3.63) is 35.4 Å². The molecule has 0 unspecified atom stereocenters. The topological polar surface area (TPSA) is 79.3 Å². The highest BCUT2D eigenvalue weighted by molar-refractivity contribution is 6.04. The molecule has 2 rings (SSSR count). The molecule has 0 saturated heterocycles. The molecule has 0 saturated carbocycles. The van der Waals surface area contributed by atoms with Crippen LogP contribution in [-0.2, 0) is 4.79 Å². The molecular formula is C13H12N2O3. The molecular weight excluding hydrogens is 232 g/mol. The van der Waals surface area contributed by atoms with E-state index in [4.69, 9.17) is 0 Å². The number of benzene rings is 1. The standard InChI is InChI=1S/C13H12N2O3/c1-7-3-4-9-10(13(17)18)6-12(14-8(2)16)15-11(9)5-7/h3-6H,1-2H3,(H,17,18)(H,14,15,16). The predicted molar refractivity (Wildman–Crippen MR) is 67.7 cm³/mol. The number of anilines is 1. The summed E-state index contributed by atoms with van der Waals surface area (Å²) in [7, 11) is 0. The van der Waals surface area contributed by atoms with E-state index in [2.05, 4.69) is 10.3 Å². The molecule has 18 heavy (non-hydrogen) atoms. The van der Waals surface area contributed by atoms with Gasteiger partial charge in [-0.3, -0.25) is 4.79 Å². The number of pyridine rings is 1. The van der Waals surface area contributed by atoms with Gasteiger partial charge in [0.2, 0.25) is 5.91 Å². The molecule has 2 aromatic rings. The van der Waals surface area contributed by atoms with Gasteiger partial charge >= 0.3 is 5.97 Å². The van der Waals surface area contributed by atoms with Gasteiger partial charge in [0, 0.05) is 12.3 Å². The first-order valence-electron chi connectivity index (χ1n) is 5.39. The van der Waals surface area contributed by atoms with Crippen molar-refractivity contribution in [2.45, 2.75) is 13.8 Å². The number of carboxylic acid groups (broad SMARTS) is 1. The summed E-state index contributed by atoms with van der Waals surface area (Å²) >= 11 is 0. The SMILES string of the molecule is CC(=O)Nc1cc(C(=O)O)c2ccc(C)cc2n1. The summed E-state index contributed by atoms with van der Waals surface area (Å²) in [6.45, 7) is 3.25. The maximum Gasteiger partial charge on any atom is 0.336 e. The quantitative estimate of drug-likeness (QED) is 0.848. The molecule has 0 bridgehead atoms. The molecule has 0 aliphatic rings. The third-order valence-electron chi connectivity index (χ3n) is 2.50. The number of nitrogens with one attached hydrogen (secondary N) is 1. The molecule has 5 nitrogen and oxygen atoms in total. The van der Waals surface area contributed by atoms with Crippen LogP contribution in [-0.4, -0.2) is 22.0 Å². The third kappa shape index (κ3) is 2.29. The molecule has 1 aromatic carbocycles. The Morgan fingerprint density at radius 3 is 2.61 bits per heavy atom. The number of nitrogens with zero attached hydrogens (tertiary/aromatic N) is 1. The van der Waals surface area contributed by atoms with E-state index in [9.17, 15) is 14.7 Å². The lowest BCUT2D eigenvalue weighted by atomic mass is 10.1. The lowest BCUT2D eigenvalue weighted by Crippen LogP contribution is -2.09. The average molecular weight is 244 g/mol. The summed E-state index contributed by atoms with van der Waals surface area (Å²) in [4.78, 5) is 26.4. The minimum atomic E-state index is -1.04. The second-order valence-electron chi connectivity index (χ2n) is 4.06. The number of carboxylic acids is 1. The van der Waals surface area contributed by atoms with E-state index >= 15 is 0 Å². The highest BCUT2D eigenvalue weighted by atomic mass is 16.4. The van der Waals surface area contributed by atoms with E-state index in [0.29, 0.717) is 10.9 Å². The van der Waals surface area contributed by atoms with Gasteiger partial charge in [0.15, 0.2) is 0 Å². The van der Waals surface area contributed by atoms with Crippen LogP contribution in [0.1, 0.15) is 22.8 Å². The molecule has 0 aliphatic heterocycles. The van der Waals surface area contributed by atoms with Crippen molar-refractivity contribution in [3.8, 4) is 0 Å². The fourth-order valence-electron chi connectivity index (χ4n) is 1.76. The van der Waals surface area contributed by atoms with E-state index < -0.39 is 5.97 Å². The van der Waals surface area contributed by atoms with Gasteiger partial charge in [-0.25, -0.2) is 9.78 Å². The van der Waals surface area contributed by atoms with Crippen LogP contribution < -0.4 is 5.32 Å². The van der Waals surface area contributed by atoms with Gasteiger partial charge < -0.3 is 10.4 Å². The summed E-state index contributed by atoms with van der Waals surface area (Å²) in [5, 5.41) is 12.2. The smallest absolute Gasteiger partial charge is 0.336 e. The highest BCUT2D eigenvalue weighted by Crippen LogP contribution is 2.22. The molecule has 0 aliphatic carbocycles. The summed E-state index contributed by atoms with van der Waals surface area (Å²) in [5.41, 5.74) is 1.66. The lowest BCUT2D eigenvalue weighted by molar-refractivity contribution is -0.114. The third-order valence-corrected chi connectivity index (χ3v) is 2.50. The first kappa shape index (κ1) is 12.0. The summed E-state index contributed by atoms with van der Waals surface area (Å²) in [6.07, 6.45) is 0. The Morgan fingerprint density at radius 1 is 1.28 bits per heavy atom. The number of aromatic nitrogens is 1. The summed E-state index contributed by atoms with van der Waals surface area (Å²) in [6, 6.07) is 6.70. The van der Waals surface area contributed by atoms with Gasteiger partial charge in [0.25, 0.3) is 0 Å². The fraction of sp³-hybridized carbons (Fsp3) is 0.154. The number of aryl methyl sites for hydroxylation is 1. The molecule has 0 fully saturated rings. The number of carbonyl (C=O) groups is 2. The van der Waals surface area contributed by atoms with Crippen LogP contribution >= 0.6 is 0 Å². The molecule has 5 heteroatoms. The van der Waals surface area contributed by atoms with Crippen molar-refractivity contribution in [1.82, 2.24) is 4.98 Å². The van der Waals surface area contributed by atoms with Gasteiger partial charge in [-0.05, 0) is 24.6 Å². The normalized spacial score (nSPS) is 10.3. The van der Waals surface area contributed by atoms with E-state index in [1.54, 1.807) is 12.1 Å². The molecule has 1 amide bonds. The van der Waals surface area contributed by atoms with E-state index in [1.807, 2.05) is 13.0 Å². The van der Waals surface area contributed by atoms with E-state index in [1.165, 1.54) is 13.0 Å². The zero-order valence-corrected chi connectivity index (χ0v) is 10.0. The molecule has 1 aromatic heterocycles. The Labute approximate surface area is 103 Å². The maximum absolute atomic E-state index is 11.2. The van der Waals surface area contributed by atoms with E-state index in [0.717, 1.165) is 5.56 Å². The molecule has 0 spiro atoms. The maximum atomic E-state index is 11.2. The van der Waals surface area contributed by atoms with Gasteiger partial charge in [-0.1, -0.05) is 12.1 Å². The van der Waals surface area contributed by atoms with Crippen LogP contribution in [0.5, 0.6) is 0 Å². The monoisotopic (exact) mass is 244 g/mol. The number of fused-ring (bicyclic) bond motifs is 1. The largest absolute Gasteiger partial charge is 0.478 e. The molecule has 1 heterocycles. The van der Waals surface area contributed by atoms with Gasteiger partial charge in [0.1, 0.15) is 5.82 Å². The Kier molecular flexibility index (Phi) is 2.97. The van der Waals surface area contributed by atoms with Crippen LogP contribution in [0.3, 0.4) is 0 Å². The molecule has 0 atom stereocenters. The van der Waals surface area contributed by atoms with Gasteiger partial charge in [0.05, 0.1) is 11.1 Å². The van der Waals surface area contributed by atoms with Crippen LogP contribution in [0.4, 0.5) is 5.82 Å². The van der Waals surface area contributed by atoms with Gasteiger partial charge in [-0.2, -0.15) is 0 Å². The van der Waals surface area contributed by atoms with Crippen molar-refractivity contribution in [1.29, 1.82) is 0 Å². The average Bonchev–Trinajstić information content (AvgIpc) is 2.26. The van der Waals surface area contributed by atoms with Crippen molar-refractivity contribution >= 4 is 28.6 Å². The number of amides is 1. The van der Waals surface area contributed by atoms with Crippen LogP contribution in [0, 0.1) is 6.92 Å². The number of carbonyl (C=O) groups excluding carboxylic acids is 1. The fourth-order valence-corrected chi connectivity index (χ4v) is 1.76. The van der Waals surface area contributed by atoms with Crippen LogP contribution in [0.25, 0.3) is 10.9 Å². The number of aromatic carboxylic acids is 1. The Morgan fingerprint density at radius 2 is 2.00 bits per heavy atom. The van der Waals surface area contributed by atoms with Crippen molar-refractivity contribution in [2.75, 3.05) is 5.32 Å². The minimum Gasteiger partial charge on any atom is -0.478 e. The number of hydrogen-bond donors (Lipinski definition) is 2. The molecule has 0 radical (unpaired) electrons. The van der Waals surface area contributed by atoms with Gasteiger partial charge in [-0.15, -0.1) is 0 Å². The van der Waals surface area contributed by atoms with Crippen molar-refractivity contribution in [2.24, 2.45) is 0 Å². The lowest BCUT2D eigenvalue weighted by Gasteiger charge is -2.07. The Hall–Kier alpha value is -2.43. The second-order valence-corrected chi connectivity index (χ2v) is 4.06. The predicted octanol–water partition coefficient (Wildman–Crippen LogP) is 2.20. The zero-order chi connectivity index (χ0) is 13.3. The number of hydrogen-bond acceptors (Lipinski definition) is 3. The van der Waals surface area contributed by atoms with E-state index in [-0.39, 0.29) is 17.3 Å². The van der Waals surface area contributed by atoms with Crippen molar-refractivity contribution in [3.63, 3.8) is 0 Å². The first-order valence-corrected chi connectivity index (χ1v) is 5.39. The number of rotatable bonds is 2. The Balaban J connectivity index is 2.70. The van der Waals surface area contributed by atoms with Crippen molar-refractivity contribution < 1.29 is 14.7 Å². The first-order chi connectivity index (χ1) is 8.47. The second kappa shape index (κ2) is 4.44. The highest BCUT2D eigenvalue weighted by Gasteiger charge is 2.12. The minimum absolute atomic E-state index is 0.128. The zero-order valence-electron chi connectivity index (χ0n) is 10.0. The van der Waals surface area contributed by atoms with Crippen LogP contribution in [0.15, 0.2) is 24.3 Å². The summed E-state index contributed by atoms with van der Waals surface area (Å²) in [5.74, 6) is -1.08. The molecule has 2 N–H and O–H groups in total.